The SMILES string of the molecule is O=C(Nc1c(C(=O)N2CCOCC2)oc2ccccc12)c1cc(F)ccc1F. The van der Waals surface area contributed by atoms with Crippen molar-refractivity contribution in [1.82, 2.24) is 4.90 Å². The summed E-state index contributed by atoms with van der Waals surface area (Å²) < 4.78 is 38.4. The predicted octanol–water partition coefficient (Wildman–Crippen LogP) is 3.44. The molecule has 28 heavy (non-hydrogen) atoms. The first-order valence-corrected chi connectivity index (χ1v) is 8.69. The normalized spacial score (nSPS) is 14.3. The lowest BCUT2D eigenvalue weighted by Gasteiger charge is -2.26. The first-order chi connectivity index (χ1) is 13.5. The fourth-order valence-electron chi connectivity index (χ4n) is 3.08. The van der Waals surface area contributed by atoms with E-state index < -0.39 is 29.0 Å². The molecule has 2 amide bonds. The number of nitrogens with one attached hydrogen (secondary N) is 1. The van der Waals surface area contributed by atoms with E-state index in [0.29, 0.717) is 37.3 Å². The van der Waals surface area contributed by atoms with Crippen molar-refractivity contribution in [2.24, 2.45) is 0 Å². The predicted molar refractivity (Wildman–Crippen MR) is 97.2 cm³/mol. The number of hydrogen-bond donors (Lipinski definition) is 1. The van der Waals surface area contributed by atoms with Crippen LogP contribution >= 0.6 is 0 Å². The fourth-order valence-corrected chi connectivity index (χ4v) is 3.08. The lowest BCUT2D eigenvalue weighted by Crippen LogP contribution is -2.40. The van der Waals surface area contributed by atoms with Crippen LogP contribution in [0.4, 0.5) is 14.5 Å². The number of halogens is 2. The van der Waals surface area contributed by atoms with E-state index in [2.05, 4.69) is 5.32 Å². The van der Waals surface area contributed by atoms with Gasteiger partial charge in [-0.3, -0.25) is 9.59 Å². The Hall–Kier alpha value is -3.26. The molecule has 8 heteroatoms. The number of carbonyl (C=O) groups is 2. The molecule has 144 valence electrons. The van der Waals surface area contributed by atoms with Crippen molar-refractivity contribution < 1.29 is 27.5 Å². The Morgan fingerprint density at radius 3 is 2.57 bits per heavy atom. The summed E-state index contributed by atoms with van der Waals surface area (Å²) in [5.41, 5.74) is 0.0601. The molecule has 0 aliphatic carbocycles. The van der Waals surface area contributed by atoms with Gasteiger partial charge in [-0.2, -0.15) is 0 Å². The molecule has 1 N–H and O–H groups in total. The van der Waals surface area contributed by atoms with E-state index in [1.165, 1.54) is 0 Å². The second kappa shape index (κ2) is 7.40. The maximum Gasteiger partial charge on any atom is 0.291 e. The Morgan fingerprint density at radius 2 is 1.79 bits per heavy atom. The number of carbonyl (C=O) groups excluding carboxylic acids is 2. The van der Waals surface area contributed by atoms with Gasteiger partial charge >= 0.3 is 0 Å². The zero-order chi connectivity index (χ0) is 19.7. The highest BCUT2D eigenvalue weighted by Crippen LogP contribution is 2.32. The molecule has 1 aliphatic rings. The zero-order valence-corrected chi connectivity index (χ0v) is 14.7. The monoisotopic (exact) mass is 386 g/mol. The molecule has 0 spiro atoms. The van der Waals surface area contributed by atoms with Crippen molar-refractivity contribution >= 4 is 28.5 Å². The Kier molecular flexibility index (Phi) is 4.79. The maximum absolute atomic E-state index is 14.0. The van der Waals surface area contributed by atoms with E-state index in [1.54, 1.807) is 29.2 Å². The number of hydrogen-bond acceptors (Lipinski definition) is 4. The fraction of sp³-hybridized carbons (Fsp3) is 0.200. The molecule has 0 bridgehead atoms. The summed E-state index contributed by atoms with van der Waals surface area (Å²) in [5, 5.41) is 3.01. The standard InChI is InChI=1S/C20H16F2N2O4/c21-12-5-6-15(22)14(11-12)19(25)23-17-13-3-1-2-4-16(13)28-18(17)20(26)24-7-9-27-10-8-24/h1-6,11H,7-10H2,(H,23,25). The summed E-state index contributed by atoms with van der Waals surface area (Å²) in [7, 11) is 0. The summed E-state index contributed by atoms with van der Waals surface area (Å²) in [6.07, 6.45) is 0. The van der Waals surface area contributed by atoms with E-state index in [1.807, 2.05) is 0 Å². The molecule has 2 heterocycles. The van der Waals surface area contributed by atoms with E-state index in [9.17, 15) is 18.4 Å². The van der Waals surface area contributed by atoms with Crippen molar-refractivity contribution in [3.05, 3.63) is 65.4 Å². The molecule has 0 saturated carbocycles. The second-order valence-corrected chi connectivity index (χ2v) is 6.29. The number of amides is 2. The molecular weight excluding hydrogens is 370 g/mol. The van der Waals surface area contributed by atoms with Crippen LogP contribution in [0.25, 0.3) is 11.0 Å². The van der Waals surface area contributed by atoms with Crippen molar-refractivity contribution in [1.29, 1.82) is 0 Å². The van der Waals surface area contributed by atoms with E-state index in [-0.39, 0.29) is 11.4 Å². The summed E-state index contributed by atoms with van der Waals surface area (Å²) in [5.74, 6) is -2.96. The Morgan fingerprint density at radius 1 is 1.04 bits per heavy atom. The second-order valence-electron chi connectivity index (χ2n) is 6.29. The quantitative estimate of drug-likeness (QED) is 0.749. The number of anilines is 1. The Balaban J connectivity index is 1.73. The molecule has 0 atom stereocenters. The zero-order valence-electron chi connectivity index (χ0n) is 14.7. The molecule has 0 radical (unpaired) electrons. The molecule has 1 saturated heterocycles. The van der Waals surface area contributed by atoms with Gasteiger partial charge in [0.15, 0.2) is 0 Å². The first kappa shape index (κ1) is 18.1. The largest absolute Gasteiger partial charge is 0.449 e. The average Bonchev–Trinajstić information content (AvgIpc) is 3.08. The van der Waals surface area contributed by atoms with Gasteiger partial charge in [-0.1, -0.05) is 12.1 Å². The minimum Gasteiger partial charge on any atom is -0.449 e. The topological polar surface area (TPSA) is 71.8 Å². The van der Waals surface area contributed by atoms with Gasteiger partial charge in [0, 0.05) is 18.5 Å². The summed E-state index contributed by atoms with van der Waals surface area (Å²) in [4.78, 5) is 27.1. The van der Waals surface area contributed by atoms with Gasteiger partial charge in [0.2, 0.25) is 5.76 Å². The smallest absolute Gasteiger partial charge is 0.291 e. The van der Waals surface area contributed by atoms with E-state index in [4.69, 9.17) is 9.15 Å². The molecule has 1 aliphatic heterocycles. The highest BCUT2D eigenvalue weighted by molar-refractivity contribution is 6.14. The number of ether oxygens (including phenoxy) is 1. The average molecular weight is 386 g/mol. The third-order valence-electron chi connectivity index (χ3n) is 4.50. The third kappa shape index (κ3) is 3.34. The van der Waals surface area contributed by atoms with Crippen molar-refractivity contribution in [3.8, 4) is 0 Å². The van der Waals surface area contributed by atoms with Crippen molar-refractivity contribution in [2.75, 3.05) is 31.6 Å². The molecule has 1 aromatic heterocycles. The van der Waals surface area contributed by atoms with Crippen LogP contribution in [0.3, 0.4) is 0 Å². The van der Waals surface area contributed by atoms with Crippen LogP contribution in [0.1, 0.15) is 20.9 Å². The van der Waals surface area contributed by atoms with Crippen molar-refractivity contribution in [3.63, 3.8) is 0 Å². The highest BCUT2D eigenvalue weighted by Gasteiger charge is 2.28. The van der Waals surface area contributed by atoms with Gasteiger partial charge in [0.05, 0.1) is 18.8 Å². The van der Waals surface area contributed by atoms with Crippen molar-refractivity contribution in [2.45, 2.75) is 0 Å². The lowest BCUT2D eigenvalue weighted by molar-refractivity contribution is 0.0285. The number of benzene rings is 2. The molecule has 3 aromatic rings. The minimum absolute atomic E-state index is 0.0618. The number of para-hydroxylation sites is 1. The first-order valence-electron chi connectivity index (χ1n) is 8.69. The molecule has 6 nitrogen and oxygen atoms in total. The van der Waals surface area contributed by atoms with Gasteiger partial charge in [-0.05, 0) is 30.3 Å². The number of nitrogens with zero attached hydrogens (tertiary/aromatic N) is 1. The number of morpholine rings is 1. The van der Waals surface area contributed by atoms with Gasteiger partial charge in [-0.25, -0.2) is 8.78 Å². The molecule has 4 rings (SSSR count). The maximum atomic E-state index is 14.0. The number of fused-ring (bicyclic) bond motifs is 1. The van der Waals surface area contributed by atoms with Gasteiger partial charge in [0.25, 0.3) is 11.8 Å². The van der Waals surface area contributed by atoms with Crippen LogP contribution in [-0.4, -0.2) is 43.0 Å². The Labute approximate surface area is 158 Å². The summed E-state index contributed by atoms with van der Waals surface area (Å²) >= 11 is 0. The summed E-state index contributed by atoms with van der Waals surface area (Å²) in [6, 6.07) is 9.38. The third-order valence-corrected chi connectivity index (χ3v) is 4.50. The molecule has 1 fully saturated rings. The van der Waals surface area contributed by atoms with Crippen LogP contribution in [0.5, 0.6) is 0 Å². The van der Waals surface area contributed by atoms with Gasteiger partial charge in [-0.15, -0.1) is 0 Å². The van der Waals surface area contributed by atoms with Gasteiger partial charge in [0.1, 0.15) is 22.9 Å². The van der Waals surface area contributed by atoms with Gasteiger partial charge < -0.3 is 19.4 Å². The van der Waals surface area contributed by atoms with Crippen LogP contribution in [0.15, 0.2) is 46.9 Å². The molecule has 2 aromatic carbocycles. The van der Waals surface area contributed by atoms with Crippen LogP contribution in [-0.2, 0) is 4.74 Å². The lowest BCUT2D eigenvalue weighted by atomic mass is 10.1. The van der Waals surface area contributed by atoms with Crippen LogP contribution in [0, 0.1) is 11.6 Å². The molecular formula is C20H16F2N2O4. The van der Waals surface area contributed by atoms with E-state index >= 15 is 0 Å². The Bertz CT molecular complexity index is 1060. The summed E-state index contributed by atoms with van der Waals surface area (Å²) in [6.45, 7) is 1.59. The number of furan rings is 1. The van der Waals surface area contributed by atoms with E-state index in [0.717, 1.165) is 18.2 Å². The number of rotatable bonds is 3. The highest BCUT2D eigenvalue weighted by atomic mass is 19.1. The minimum atomic E-state index is -0.875. The van der Waals surface area contributed by atoms with Crippen LogP contribution < -0.4 is 5.32 Å². The molecule has 0 unspecified atom stereocenters. The van der Waals surface area contributed by atoms with Crippen LogP contribution in [0.2, 0.25) is 0 Å².